The molecule has 2 unspecified atom stereocenters. The van der Waals surface area contributed by atoms with Gasteiger partial charge in [-0.1, -0.05) is 13.0 Å². The van der Waals surface area contributed by atoms with Gasteiger partial charge >= 0.3 is 0 Å². The van der Waals surface area contributed by atoms with Crippen LogP contribution < -0.4 is 10.1 Å². The second-order valence-corrected chi connectivity index (χ2v) is 5.84. The van der Waals surface area contributed by atoms with Crippen molar-refractivity contribution < 1.29 is 9.13 Å². The van der Waals surface area contributed by atoms with Crippen LogP contribution in [-0.2, 0) is 0 Å². The first-order valence-electron chi connectivity index (χ1n) is 7.96. The number of nitrogens with one attached hydrogen (secondary N) is 1. The Balaban J connectivity index is 1.94. The molecule has 1 aromatic rings. The van der Waals surface area contributed by atoms with Gasteiger partial charge in [-0.25, -0.2) is 4.39 Å². The molecule has 0 aromatic heterocycles. The van der Waals surface area contributed by atoms with Gasteiger partial charge in [-0.05, 0) is 63.5 Å². The Bertz CT molecular complexity index is 452. The second kappa shape index (κ2) is 7.76. The maximum Gasteiger partial charge on any atom is 0.165 e. The number of ether oxygens (including phenoxy) is 1. The van der Waals surface area contributed by atoms with Crippen molar-refractivity contribution in [2.45, 2.75) is 45.2 Å². The van der Waals surface area contributed by atoms with E-state index in [0.717, 1.165) is 25.1 Å². The third-order valence-corrected chi connectivity index (χ3v) is 4.43. The van der Waals surface area contributed by atoms with E-state index in [0.29, 0.717) is 11.8 Å². The van der Waals surface area contributed by atoms with E-state index in [1.165, 1.54) is 26.5 Å². The van der Waals surface area contributed by atoms with E-state index in [4.69, 9.17) is 4.74 Å². The fraction of sp³-hybridized carbons (Fsp3) is 0.647. The van der Waals surface area contributed by atoms with Gasteiger partial charge in [0.2, 0.25) is 0 Å². The summed E-state index contributed by atoms with van der Waals surface area (Å²) in [5, 5.41) is 3.65. The molecule has 0 amide bonds. The van der Waals surface area contributed by atoms with E-state index < -0.39 is 0 Å². The van der Waals surface area contributed by atoms with Gasteiger partial charge in [0.05, 0.1) is 7.11 Å². The fourth-order valence-electron chi connectivity index (χ4n) is 3.04. The molecular weight excluding hydrogens is 267 g/mol. The Labute approximate surface area is 127 Å². The minimum absolute atomic E-state index is 0.156. The Morgan fingerprint density at radius 3 is 2.86 bits per heavy atom. The zero-order chi connectivity index (χ0) is 15.2. The van der Waals surface area contributed by atoms with Gasteiger partial charge in [-0.2, -0.15) is 0 Å². The van der Waals surface area contributed by atoms with Crippen molar-refractivity contribution in [1.82, 2.24) is 10.2 Å². The molecule has 2 rings (SSSR count). The molecule has 1 N–H and O–H groups in total. The number of rotatable bonds is 5. The van der Waals surface area contributed by atoms with Crippen LogP contribution in [0.4, 0.5) is 4.39 Å². The van der Waals surface area contributed by atoms with Gasteiger partial charge in [-0.3, -0.25) is 0 Å². The molecular formula is C17H27FN2O. The number of methoxy groups -OCH3 is 1. The van der Waals surface area contributed by atoms with Crippen LogP contribution in [0.5, 0.6) is 5.75 Å². The molecule has 0 aliphatic carbocycles. The zero-order valence-electron chi connectivity index (χ0n) is 13.4. The van der Waals surface area contributed by atoms with Crippen LogP contribution in [0.3, 0.4) is 0 Å². The van der Waals surface area contributed by atoms with Crippen molar-refractivity contribution in [1.29, 1.82) is 0 Å². The number of hydrogen-bond donors (Lipinski definition) is 1. The average Bonchev–Trinajstić information content (AvgIpc) is 2.72. The van der Waals surface area contributed by atoms with Crippen LogP contribution >= 0.6 is 0 Å². The minimum Gasteiger partial charge on any atom is -0.494 e. The maximum absolute atomic E-state index is 13.8. The highest BCUT2D eigenvalue weighted by Gasteiger charge is 2.18. The van der Waals surface area contributed by atoms with Crippen LogP contribution in [0.25, 0.3) is 0 Å². The molecule has 0 radical (unpaired) electrons. The molecule has 1 aliphatic heterocycles. The molecule has 0 saturated carbocycles. The standard InChI is InChI=1S/C17H27FN2O/c1-4-20-10-5-6-15(9-11-20)19-13(2)14-7-8-17(21-3)16(18)12-14/h7-8,12-13,15,19H,4-6,9-11H2,1-3H3. The third-order valence-electron chi connectivity index (χ3n) is 4.43. The quantitative estimate of drug-likeness (QED) is 0.901. The summed E-state index contributed by atoms with van der Waals surface area (Å²) in [6.07, 6.45) is 3.59. The van der Waals surface area contributed by atoms with Crippen LogP contribution in [0.1, 0.15) is 44.7 Å². The molecule has 0 spiro atoms. The van der Waals surface area contributed by atoms with Gasteiger partial charge in [0.25, 0.3) is 0 Å². The Hall–Kier alpha value is -1.13. The first-order chi connectivity index (χ1) is 10.1. The van der Waals surface area contributed by atoms with Crippen LogP contribution in [0, 0.1) is 5.82 Å². The molecule has 21 heavy (non-hydrogen) atoms. The lowest BCUT2D eigenvalue weighted by Crippen LogP contribution is -2.33. The lowest BCUT2D eigenvalue weighted by Gasteiger charge is -2.23. The van der Waals surface area contributed by atoms with Crippen LogP contribution in [0.15, 0.2) is 18.2 Å². The molecule has 2 atom stereocenters. The Kier molecular flexibility index (Phi) is 6.00. The molecule has 1 saturated heterocycles. The Morgan fingerprint density at radius 1 is 1.38 bits per heavy atom. The molecule has 1 aromatic carbocycles. The summed E-state index contributed by atoms with van der Waals surface area (Å²) in [6.45, 7) is 7.80. The molecule has 4 heteroatoms. The zero-order valence-corrected chi connectivity index (χ0v) is 13.4. The van der Waals surface area contributed by atoms with Crippen molar-refractivity contribution in [2.75, 3.05) is 26.7 Å². The van der Waals surface area contributed by atoms with E-state index in [9.17, 15) is 4.39 Å². The topological polar surface area (TPSA) is 24.5 Å². The highest BCUT2D eigenvalue weighted by molar-refractivity contribution is 5.30. The van der Waals surface area contributed by atoms with Gasteiger partial charge in [0.1, 0.15) is 0 Å². The highest BCUT2D eigenvalue weighted by Crippen LogP contribution is 2.23. The van der Waals surface area contributed by atoms with Crippen molar-refractivity contribution in [3.05, 3.63) is 29.6 Å². The molecule has 1 heterocycles. The van der Waals surface area contributed by atoms with Gasteiger partial charge < -0.3 is 15.0 Å². The summed E-state index contributed by atoms with van der Waals surface area (Å²) in [4.78, 5) is 2.50. The third kappa shape index (κ3) is 4.42. The summed E-state index contributed by atoms with van der Waals surface area (Å²) in [7, 11) is 1.49. The summed E-state index contributed by atoms with van der Waals surface area (Å²) >= 11 is 0. The Morgan fingerprint density at radius 2 is 2.19 bits per heavy atom. The predicted molar refractivity (Wildman–Crippen MR) is 84.3 cm³/mol. The lowest BCUT2D eigenvalue weighted by atomic mass is 10.0. The van der Waals surface area contributed by atoms with Crippen molar-refractivity contribution in [3.8, 4) is 5.75 Å². The smallest absolute Gasteiger partial charge is 0.165 e. The summed E-state index contributed by atoms with van der Waals surface area (Å²) in [5.74, 6) is 0.0145. The SMILES string of the molecule is CCN1CCCC(NC(C)c2ccc(OC)c(F)c2)CC1. The van der Waals surface area contributed by atoms with Gasteiger partial charge in [0, 0.05) is 12.1 Å². The maximum atomic E-state index is 13.8. The summed E-state index contributed by atoms with van der Waals surface area (Å²) in [5.41, 5.74) is 0.977. The molecule has 3 nitrogen and oxygen atoms in total. The van der Waals surface area contributed by atoms with E-state index in [2.05, 4.69) is 24.1 Å². The van der Waals surface area contributed by atoms with Crippen LogP contribution in [-0.4, -0.2) is 37.7 Å². The predicted octanol–water partition coefficient (Wildman–Crippen LogP) is 3.36. The number of likely N-dealkylation sites (tertiary alicyclic amines) is 1. The first kappa shape index (κ1) is 16.2. The lowest BCUT2D eigenvalue weighted by molar-refractivity contribution is 0.295. The monoisotopic (exact) mass is 294 g/mol. The largest absolute Gasteiger partial charge is 0.494 e. The van der Waals surface area contributed by atoms with E-state index in [-0.39, 0.29) is 11.9 Å². The minimum atomic E-state index is -0.290. The number of nitrogens with zero attached hydrogens (tertiary/aromatic N) is 1. The molecule has 1 fully saturated rings. The number of halogens is 1. The van der Waals surface area contributed by atoms with Gasteiger partial charge in [0.15, 0.2) is 11.6 Å². The molecule has 0 bridgehead atoms. The van der Waals surface area contributed by atoms with E-state index >= 15 is 0 Å². The van der Waals surface area contributed by atoms with E-state index in [1.807, 2.05) is 6.07 Å². The van der Waals surface area contributed by atoms with Crippen molar-refractivity contribution in [3.63, 3.8) is 0 Å². The van der Waals surface area contributed by atoms with Gasteiger partial charge in [-0.15, -0.1) is 0 Å². The normalized spacial score (nSPS) is 21.8. The number of hydrogen-bond acceptors (Lipinski definition) is 3. The van der Waals surface area contributed by atoms with E-state index in [1.54, 1.807) is 12.1 Å². The summed E-state index contributed by atoms with van der Waals surface area (Å²) in [6, 6.07) is 5.89. The van der Waals surface area contributed by atoms with Crippen LogP contribution in [0.2, 0.25) is 0 Å². The molecule has 118 valence electrons. The number of benzene rings is 1. The highest BCUT2D eigenvalue weighted by atomic mass is 19.1. The average molecular weight is 294 g/mol. The van der Waals surface area contributed by atoms with Crippen molar-refractivity contribution in [2.24, 2.45) is 0 Å². The first-order valence-corrected chi connectivity index (χ1v) is 7.96. The fourth-order valence-corrected chi connectivity index (χ4v) is 3.04. The van der Waals surface area contributed by atoms with Crippen molar-refractivity contribution >= 4 is 0 Å². The summed E-state index contributed by atoms with van der Waals surface area (Å²) < 4.78 is 18.8. The second-order valence-electron chi connectivity index (χ2n) is 5.84. The molecule has 1 aliphatic rings.